The average Bonchev–Trinajstić information content (AvgIpc) is 2.69. The Hall–Kier alpha value is -3.26. The third-order valence-corrected chi connectivity index (χ3v) is 4.47. The Morgan fingerprint density at radius 2 is 2.04 bits per heavy atom. The molecule has 0 radical (unpaired) electrons. The Kier molecular flexibility index (Phi) is 4.80. The van der Waals surface area contributed by atoms with Crippen LogP contribution in [0.15, 0.2) is 42.7 Å². The largest absolute Gasteiger partial charge is 0.381 e. The van der Waals surface area contributed by atoms with Crippen molar-refractivity contribution in [1.82, 2.24) is 15.0 Å². The number of anilines is 3. The Labute approximate surface area is 156 Å². The molecule has 0 atom stereocenters. The van der Waals surface area contributed by atoms with Crippen LogP contribution in [0.4, 0.5) is 17.5 Å². The van der Waals surface area contributed by atoms with E-state index in [-0.39, 0.29) is 11.6 Å². The second kappa shape index (κ2) is 7.55. The molecule has 8 heteroatoms. The van der Waals surface area contributed by atoms with Gasteiger partial charge in [0, 0.05) is 42.7 Å². The lowest BCUT2D eigenvalue weighted by atomic mass is 10.1. The molecule has 0 saturated carbocycles. The predicted molar refractivity (Wildman–Crippen MR) is 103 cm³/mol. The highest BCUT2D eigenvalue weighted by molar-refractivity contribution is 5.98. The summed E-state index contributed by atoms with van der Waals surface area (Å²) in [5.41, 5.74) is 7.40. The number of carbonyl (C=O) groups is 1. The molecule has 3 heterocycles. The van der Waals surface area contributed by atoms with E-state index in [2.05, 4.69) is 25.6 Å². The summed E-state index contributed by atoms with van der Waals surface area (Å²) in [5.74, 6) is 0.240. The van der Waals surface area contributed by atoms with Crippen LogP contribution in [0.1, 0.15) is 23.2 Å². The summed E-state index contributed by atoms with van der Waals surface area (Å²) >= 11 is 0. The van der Waals surface area contributed by atoms with Crippen LogP contribution in [0.2, 0.25) is 0 Å². The highest BCUT2D eigenvalue weighted by atomic mass is 16.5. The molecule has 3 aromatic rings. The number of carbonyl (C=O) groups excluding carboxylic acids is 1. The number of ether oxygens (including phenoxy) is 1. The first-order valence-electron chi connectivity index (χ1n) is 8.82. The molecule has 138 valence electrons. The van der Waals surface area contributed by atoms with Crippen LogP contribution in [-0.4, -0.2) is 40.1 Å². The molecule has 0 unspecified atom stereocenters. The first-order valence-corrected chi connectivity index (χ1v) is 8.82. The zero-order valence-corrected chi connectivity index (χ0v) is 14.7. The summed E-state index contributed by atoms with van der Waals surface area (Å²) in [4.78, 5) is 24.8. The average molecular weight is 364 g/mol. The SMILES string of the molecule is NC(=O)c1cnc(NC2CCOCC2)nc1Nc1ccc2ncccc2c1. The van der Waals surface area contributed by atoms with E-state index in [0.717, 1.165) is 29.4 Å². The van der Waals surface area contributed by atoms with Crippen LogP contribution < -0.4 is 16.4 Å². The van der Waals surface area contributed by atoms with Gasteiger partial charge in [0.25, 0.3) is 5.91 Å². The lowest BCUT2D eigenvalue weighted by molar-refractivity contribution is 0.0903. The number of nitrogens with zero attached hydrogens (tertiary/aromatic N) is 3. The Balaban J connectivity index is 1.61. The van der Waals surface area contributed by atoms with Gasteiger partial charge in [-0.3, -0.25) is 9.78 Å². The maximum Gasteiger partial charge on any atom is 0.254 e. The normalized spacial score (nSPS) is 14.8. The molecule has 1 aliphatic heterocycles. The molecule has 1 amide bonds. The van der Waals surface area contributed by atoms with Crippen molar-refractivity contribution < 1.29 is 9.53 Å². The van der Waals surface area contributed by atoms with Gasteiger partial charge in [-0.1, -0.05) is 6.07 Å². The molecule has 0 aliphatic carbocycles. The van der Waals surface area contributed by atoms with Crippen molar-refractivity contribution in [2.45, 2.75) is 18.9 Å². The van der Waals surface area contributed by atoms with E-state index < -0.39 is 5.91 Å². The maximum absolute atomic E-state index is 11.8. The van der Waals surface area contributed by atoms with E-state index in [4.69, 9.17) is 10.5 Å². The topological polar surface area (TPSA) is 115 Å². The predicted octanol–water partition coefficient (Wildman–Crippen LogP) is 2.46. The molecule has 1 aromatic carbocycles. The summed E-state index contributed by atoms with van der Waals surface area (Å²) in [5, 5.41) is 7.46. The standard InChI is InChI=1S/C19H20N6O2/c20-17(26)15-11-22-19(24-13-5-8-27-9-6-13)25-18(15)23-14-3-4-16-12(10-14)2-1-7-21-16/h1-4,7,10-11,13H,5-6,8-9H2,(H2,20,26)(H2,22,23,24,25). The fourth-order valence-electron chi connectivity index (χ4n) is 3.04. The number of fused-ring (bicyclic) bond motifs is 1. The number of nitrogens with one attached hydrogen (secondary N) is 2. The number of amides is 1. The number of hydrogen-bond acceptors (Lipinski definition) is 7. The minimum absolute atomic E-state index is 0.235. The van der Waals surface area contributed by atoms with Crippen LogP contribution in [0.3, 0.4) is 0 Å². The smallest absolute Gasteiger partial charge is 0.254 e. The Morgan fingerprint density at radius 3 is 2.85 bits per heavy atom. The number of hydrogen-bond donors (Lipinski definition) is 3. The minimum Gasteiger partial charge on any atom is -0.381 e. The maximum atomic E-state index is 11.8. The third-order valence-electron chi connectivity index (χ3n) is 4.47. The molecule has 4 rings (SSSR count). The van der Waals surface area contributed by atoms with Gasteiger partial charge in [-0.05, 0) is 37.1 Å². The molecule has 4 N–H and O–H groups in total. The van der Waals surface area contributed by atoms with Gasteiger partial charge in [-0.2, -0.15) is 4.98 Å². The number of primary amides is 1. The summed E-state index contributed by atoms with van der Waals surface area (Å²) in [7, 11) is 0. The number of pyridine rings is 1. The molecule has 0 spiro atoms. The van der Waals surface area contributed by atoms with E-state index in [1.807, 2.05) is 30.3 Å². The second-order valence-corrected chi connectivity index (χ2v) is 6.39. The van der Waals surface area contributed by atoms with Crippen molar-refractivity contribution in [3.8, 4) is 0 Å². The molecule has 1 saturated heterocycles. The van der Waals surface area contributed by atoms with E-state index in [1.165, 1.54) is 6.20 Å². The van der Waals surface area contributed by atoms with Gasteiger partial charge in [0.05, 0.1) is 5.52 Å². The van der Waals surface area contributed by atoms with Crippen LogP contribution in [-0.2, 0) is 4.74 Å². The first kappa shape index (κ1) is 17.2. The molecular weight excluding hydrogens is 344 g/mol. The van der Waals surface area contributed by atoms with Crippen molar-refractivity contribution in [2.75, 3.05) is 23.8 Å². The Morgan fingerprint density at radius 1 is 1.19 bits per heavy atom. The van der Waals surface area contributed by atoms with E-state index in [1.54, 1.807) is 6.20 Å². The molecular formula is C19H20N6O2. The number of benzene rings is 1. The lowest BCUT2D eigenvalue weighted by Gasteiger charge is -2.23. The first-order chi connectivity index (χ1) is 13.2. The summed E-state index contributed by atoms with van der Waals surface area (Å²) in [6.07, 6.45) is 4.98. The van der Waals surface area contributed by atoms with E-state index >= 15 is 0 Å². The van der Waals surface area contributed by atoms with Gasteiger partial charge < -0.3 is 21.1 Å². The Bertz CT molecular complexity index is 971. The molecule has 0 bridgehead atoms. The summed E-state index contributed by atoms with van der Waals surface area (Å²) < 4.78 is 5.37. The monoisotopic (exact) mass is 364 g/mol. The fraction of sp³-hybridized carbons (Fsp3) is 0.263. The highest BCUT2D eigenvalue weighted by Crippen LogP contribution is 2.23. The number of aromatic nitrogens is 3. The summed E-state index contributed by atoms with van der Waals surface area (Å²) in [6, 6.07) is 9.83. The van der Waals surface area contributed by atoms with Crippen LogP contribution in [0.25, 0.3) is 10.9 Å². The number of rotatable bonds is 5. The van der Waals surface area contributed by atoms with Gasteiger partial charge in [0.2, 0.25) is 5.95 Å². The zero-order valence-electron chi connectivity index (χ0n) is 14.7. The molecule has 27 heavy (non-hydrogen) atoms. The van der Waals surface area contributed by atoms with Gasteiger partial charge in [-0.25, -0.2) is 4.98 Å². The van der Waals surface area contributed by atoms with Gasteiger partial charge in [0.15, 0.2) is 0 Å². The summed E-state index contributed by atoms with van der Waals surface area (Å²) in [6.45, 7) is 1.43. The van der Waals surface area contributed by atoms with Crippen LogP contribution in [0.5, 0.6) is 0 Å². The van der Waals surface area contributed by atoms with Gasteiger partial charge >= 0.3 is 0 Å². The van der Waals surface area contributed by atoms with Crippen molar-refractivity contribution >= 4 is 34.3 Å². The molecule has 1 aliphatic rings. The van der Waals surface area contributed by atoms with E-state index in [0.29, 0.717) is 25.0 Å². The fourth-order valence-corrected chi connectivity index (χ4v) is 3.04. The van der Waals surface area contributed by atoms with E-state index in [9.17, 15) is 4.79 Å². The lowest BCUT2D eigenvalue weighted by Crippen LogP contribution is -2.29. The third kappa shape index (κ3) is 3.95. The second-order valence-electron chi connectivity index (χ2n) is 6.39. The molecule has 1 fully saturated rings. The van der Waals surface area contributed by atoms with Crippen LogP contribution in [0, 0.1) is 0 Å². The zero-order chi connectivity index (χ0) is 18.6. The highest BCUT2D eigenvalue weighted by Gasteiger charge is 2.17. The molecule has 2 aromatic heterocycles. The minimum atomic E-state index is -0.586. The molecule has 8 nitrogen and oxygen atoms in total. The van der Waals surface area contributed by atoms with Crippen LogP contribution >= 0.6 is 0 Å². The quantitative estimate of drug-likeness (QED) is 0.637. The van der Waals surface area contributed by atoms with Gasteiger partial charge in [-0.15, -0.1) is 0 Å². The van der Waals surface area contributed by atoms with Crippen molar-refractivity contribution in [3.05, 3.63) is 48.3 Å². The van der Waals surface area contributed by atoms with Crippen molar-refractivity contribution in [1.29, 1.82) is 0 Å². The number of nitrogens with two attached hydrogens (primary N) is 1. The van der Waals surface area contributed by atoms with Crippen molar-refractivity contribution in [3.63, 3.8) is 0 Å². The van der Waals surface area contributed by atoms with Gasteiger partial charge in [0.1, 0.15) is 11.4 Å². The van der Waals surface area contributed by atoms with Crippen molar-refractivity contribution in [2.24, 2.45) is 5.73 Å².